The number of fused-ring (bicyclic) bond motifs is 1. The summed E-state index contributed by atoms with van der Waals surface area (Å²) in [5.41, 5.74) is 0.337. The first-order valence-electron chi connectivity index (χ1n) is 10.8. The van der Waals surface area contributed by atoms with E-state index in [2.05, 4.69) is 15.7 Å². The fourth-order valence-electron chi connectivity index (χ4n) is 4.35. The summed E-state index contributed by atoms with van der Waals surface area (Å²) in [7, 11) is 1.80. The molecule has 33 heavy (non-hydrogen) atoms. The van der Waals surface area contributed by atoms with Crippen LogP contribution >= 0.6 is 0 Å². The summed E-state index contributed by atoms with van der Waals surface area (Å²) in [4.78, 5) is 12.2. The summed E-state index contributed by atoms with van der Waals surface area (Å²) < 4.78 is 52.7. The van der Waals surface area contributed by atoms with E-state index in [4.69, 9.17) is 9.47 Å². The standard InChI is InChI=1S/C22H27F3N4O4/c1-29-12-13(9-28-29)8-27-19(30)7-15-6-17-21(32-15)20(31)18(33-17)11-26-10-14-4-2-3-5-16(14)22(23,24)25/h2-5,9,12,15,17-18,20-21,26,31H,6-8,10-11H2,1H3,(H,27,30). The van der Waals surface area contributed by atoms with E-state index in [0.717, 1.165) is 11.6 Å². The molecule has 4 rings (SSSR count). The molecule has 2 fully saturated rings. The van der Waals surface area contributed by atoms with Crippen LogP contribution < -0.4 is 10.6 Å². The molecule has 1 amide bonds. The van der Waals surface area contributed by atoms with E-state index in [0.29, 0.717) is 13.0 Å². The predicted molar refractivity (Wildman–Crippen MR) is 111 cm³/mol. The van der Waals surface area contributed by atoms with Crippen LogP contribution in [0.1, 0.15) is 29.5 Å². The highest BCUT2D eigenvalue weighted by Crippen LogP contribution is 2.35. The van der Waals surface area contributed by atoms with Crippen molar-refractivity contribution in [1.82, 2.24) is 20.4 Å². The summed E-state index contributed by atoms with van der Waals surface area (Å²) in [6.45, 7) is 0.550. The lowest BCUT2D eigenvalue weighted by atomic mass is 10.1. The Balaban J connectivity index is 1.21. The zero-order valence-corrected chi connectivity index (χ0v) is 18.1. The number of rotatable bonds is 8. The van der Waals surface area contributed by atoms with Crippen molar-refractivity contribution in [2.75, 3.05) is 6.54 Å². The number of nitrogens with one attached hydrogen (secondary N) is 2. The summed E-state index contributed by atoms with van der Waals surface area (Å²) in [6, 6.07) is 5.37. The van der Waals surface area contributed by atoms with Gasteiger partial charge in [-0.25, -0.2) is 0 Å². The minimum absolute atomic E-state index is 0.00180. The van der Waals surface area contributed by atoms with Crippen molar-refractivity contribution in [3.05, 3.63) is 53.3 Å². The van der Waals surface area contributed by atoms with Crippen molar-refractivity contribution in [2.45, 2.75) is 62.6 Å². The molecule has 0 aliphatic carbocycles. The molecule has 0 saturated carbocycles. The maximum Gasteiger partial charge on any atom is 0.416 e. The number of aliphatic hydroxyl groups excluding tert-OH is 1. The molecule has 8 nitrogen and oxygen atoms in total. The number of aromatic nitrogens is 2. The van der Waals surface area contributed by atoms with Crippen LogP contribution in [-0.2, 0) is 40.6 Å². The number of amides is 1. The van der Waals surface area contributed by atoms with Gasteiger partial charge in [0.25, 0.3) is 0 Å². The number of halogens is 3. The predicted octanol–water partition coefficient (Wildman–Crippen LogP) is 1.52. The zero-order chi connectivity index (χ0) is 23.6. The first kappa shape index (κ1) is 23.7. The maximum absolute atomic E-state index is 13.1. The van der Waals surface area contributed by atoms with E-state index in [9.17, 15) is 23.1 Å². The topological polar surface area (TPSA) is 97.6 Å². The molecule has 2 aliphatic rings. The molecule has 3 heterocycles. The molecule has 5 atom stereocenters. The lowest BCUT2D eigenvalue weighted by Gasteiger charge is -2.20. The van der Waals surface area contributed by atoms with E-state index in [-0.39, 0.29) is 43.2 Å². The zero-order valence-electron chi connectivity index (χ0n) is 18.1. The summed E-state index contributed by atoms with van der Waals surface area (Å²) in [6.07, 6.45) is -3.12. The SMILES string of the molecule is Cn1cc(CNC(=O)CC2CC3OC(CNCc4ccccc4C(F)(F)F)C(O)C3O2)cn1. The van der Waals surface area contributed by atoms with Gasteiger partial charge < -0.3 is 25.2 Å². The highest BCUT2D eigenvalue weighted by molar-refractivity contribution is 5.76. The number of aryl methyl sites for hydroxylation is 1. The van der Waals surface area contributed by atoms with Gasteiger partial charge in [-0.2, -0.15) is 18.3 Å². The van der Waals surface area contributed by atoms with Crippen LogP contribution in [0.4, 0.5) is 13.2 Å². The van der Waals surface area contributed by atoms with Crippen molar-refractivity contribution < 1.29 is 32.5 Å². The first-order valence-corrected chi connectivity index (χ1v) is 10.8. The third-order valence-electron chi connectivity index (χ3n) is 5.92. The minimum Gasteiger partial charge on any atom is -0.388 e. The Morgan fingerprint density at radius 1 is 1.27 bits per heavy atom. The highest BCUT2D eigenvalue weighted by Gasteiger charge is 2.50. The normalized spacial score (nSPS) is 27.0. The van der Waals surface area contributed by atoms with Crippen molar-refractivity contribution in [3.8, 4) is 0 Å². The van der Waals surface area contributed by atoms with Gasteiger partial charge in [0.15, 0.2) is 0 Å². The molecule has 2 saturated heterocycles. The van der Waals surface area contributed by atoms with Crippen LogP contribution in [0, 0.1) is 0 Å². The summed E-state index contributed by atoms with van der Waals surface area (Å²) in [5.74, 6) is -0.167. The highest BCUT2D eigenvalue weighted by atomic mass is 19.4. The number of carbonyl (C=O) groups excluding carboxylic acids is 1. The minimum atomic E-state index is -4.42. The number of alkyl halides is 3. The molecule has 2 aromatic rings. The second-order valence-corrected chi connectivity index (χ2v) is 8.45. The smallest absolute Gasteiger partial charge is 0.388 e. The number of ether oxygens (including phenoxy) is 2. The van der Waals surface area contributed by atoms with Crippen LogP contribution in [-0.4, -0.2) is 57.9 Å². The maximum atomic E-state index is 13.1. The van der Waals surface area contributed by atoms with Gasteiger partial charge in [-0.1, -0.05) is 18.2 Å². The molecular formula is C22H27F3N4O4. The molecule has 1 aromatic heterocycles. The average Bonchev–Trinajstić information content (AvgIpc) is 3.43. The summed E-state index contributed by atoms with van der Waals surface area (Å²) in [5, 5.41) is 20.4. The molecule has 5 unspecified atom stereocenters. The third kappa shape index (κ3) is 5.72. The van der Waals surface area contributed by atoms with Crippen LogP contribution in [0.3, 0.4) is 0 Å². The Labute approximate surface area is 189 Å². The second-order valence-electron chi connectivity index (χ2n) is 8.45. The van der Waals surface area contributed by atoms with Crippen LogP contribution in [0.25, 0.3) is 0 Å². The lowest BCUT2D eigenvalue weighted by Crippen LogP contribution is -2.39. The fraction of sp³-hybridized carbons (Fsp3) is 0.545. The number of carbonyl (C=O) groups is 1. The Kier molecular flexibility index (Phi) is 7.03. The molecule has 1 aromatic carbocycles. The van der Waals surface area contributed by atoms with Crippen molar-refractivity contribution in [2.24, 2.45) is 7.05 Å². The Bertz CT molecular complexity index is 967. The van der Waals surface area contributed by atoms with Gasteiger partial charge in [-0.15, -0.1) is 0 Å². The van der Waals surface area contributed by atoms with Crippen molar-refractivity contribution >= 4 is 5.91 Å². The van der Waals surface area contributed by atoms with E-state index in [1.54, 1.807) is 24.0 Å². The molecule has 11 heteroatoms. The molecule has 0 bridgehead atoms. The number of benzene rings is 1. The Morgan fingerprint density at radius 2 is 2.06 bits per heavy atom. The van der Waals surface area contributed by atoms with Crippen LogP contribution in [0.15, 0.2) is 36.7 Å². The van der Waals surface area contributed by atoms with Gasteiger partial charge in [0, 0.05) is 44.9 Å². The van der Waals surface area contributed by atoms with Crippen molar-refractivity contribution in [1.29, 1.82) is 0 Å². The number of nitrogens with zero attached hydrogens (tertiary/aromatic N) is 2. The molecule has 0 spiro atoms. The number of aliphatic hydroxyl groups is 1. The van der Waals surface area contributed by atoms with E-state index in [1.807, 2.05) is 6.20 Å². The van der Waals surface area contributed by atoms with Crippen LogP contribution in [0.2, 0.25) is 0 Å². The van der Waals surface area contributed by atoms with Gasteiger partial charge in [-0.3, -0.25) is 9.48 Å². The lowest BCUT2D eigenvalue weighted by molar-refractivity contribution is -0.138. The number of hydrogen-bond donors (Lipinski definition) is 3. The molecule has 0 radical (unpaired) electrons. The monoisotopic (exact) mass is 468 g/mol. The van der Waals surface area contributed by atoms with E-state index in [1.165, 1.54) is 12.1 Å². The van der Waals surface area contributed by atoms with Gasteiger partial charge >= 0.3 is 6.18 Å². The summed E-state index contributed by atoms with van der Waals surface area (Å²) >= 11 is 0. The largest absolute Gasteiger partial charge is 0.416 e. The molecular weight excluding hydrogens is 441 g/mol. The van der Waals surface area contributed by atoms with Gasteiger partial charge in [-0.05, 0) is 11.6 Å². The second kappa shape index (κ2) is 9.80. The Morgan fingerprint density at radius 3 is 2.76 bits per heavy atom. The van der Waals surface area contributed by atoms with E-state index < -0.39 is 30.1 Å². The first-order chi connectivity index (χ1) is 15.7. The quantitative estimate of drug-likeness (QED) is 0.544. The third-order valence-corrected chi connectivity index (χ3v) is 5.92. The van der Waals surface area contributed by atoms with Gasteiger partial charge in [0.2, 0.25) is 5.91 Å². The van der Waals surface area contributed by atoms with Crippen molar-refractivity contribution in [3.63, 3.8) is 0 Å². The Hall–Kier alpha value is -2.47. The molecule has 2 aliphatic heterocycles. The van der Waals surface area contributed by atoms with Crippen LogP contribution in [0.5, 0.6) is 0 Å². The molecule has 3 N–H and O–H groups in total. The number of hydrogen-bond acceptors (Lipinski definition) is 6. The molecule has 180 valence electrons. The average molecular weight is 468 g/mol. The fourth-order valence-corrected chi connectivity index (χ4v) is 4.35. The van der Waals surface area contributed by atoms with Gasteiger partial charge in [0.1, 0.15) is 12.2 Å². The van der Waals surface area contributed by atoms with E-state index >= 15 is 0 Å². The van der Waals surface area contributed by atoms with Gasteiger partial charge in [0.05, 0.1) is 36.5 Å².